The molecule has 1 aliphatic carbocycles. The van der Waals surface area contributed by atoms with Gasteiger partial charge in [-0.3, -0.25) is 9.48 Å². The molecule has 0 fully saturated rings. The number of anilines is 1. The molecular weight excluding hydrogens is 322 g/mol. The lowest BCUT2D eigenvalue weighted by Crippen LogP contribution is -2.23. The van der Waals surface area contributed by atoms with Gasteiger partial charge in [0, 0.05) is 25.4 Å². The van der Waals surface area contributed by atoms with Crippen LogP contribution in [0.3, 0.4) is 0 Å². The minimum Gasteiger partial charge on any atom is -0.376 e. The molecule has 106 valence electrons. The highest BCUT2D eigenvalue weighted by atomic mass is 79.9. The molecule has 6 nitrogen and oxygen atoms in total. The van der Waals surface area contributed by atoms with Crippen molar-refractivity contribution in [2.45, 2.75) is 25.3 Å². The second kappa shape index (κ2) is 5.05. The average Bonchev–Trinajstić information content (AvgIpc) is 2.82. The molecule has 0 aromatic carbocycles. The first kappa shape index (κ1) is 13.4. The number of hydrogen-bond donors (Lipinski definition) is 1. The van der Waals surface area contributed by atoms with Crippen LogP contribution in [0.1, 0.15) is 30.1 Å². The van der Waals surface area contributed by atoms with Gasteiger partial charge in [-0.2, -0.15) is 10.2 Å². The maximum atomic E-state index is 11.9. The smallest absolute Gasteiger partial charge is 0.282 e. The predicted molar refractivity (Wildman–Crippen MR) is 79.7 cm³/mol. The first-order chi connectivity index (χ1) is 9.58. The standard InChI is InChI=1S/C13H16BrN5O/c1-18-11-5-3-4-9(8(11)6-15-18)17-10-7-16-19(2)13(20)12(10)14/h6-7,9,17H,3-5H2,1-2H3. The normalized spacial score (nSPS) is 17.9. The zero-order valence-electron chi connectivity index (χ0n) is 11.4. The highest BCUT2D eigenvalue weighted by Gasteiger charge is 2.24. The Morgan fingerprint density at radius 1 is 1.30 bits per heavy atom. The van der Waals surface area contributed by atoms with Gasteiger partial charge in [0.1, 0.15) is 4.47 Å². The van der Waals surface area contributed by atoms with Gasteiger partial charge in [-0.1, -0.05) is 0 Å². The Morgan fingerprint density at radius 3 is 2.85 bits per heavy atom. The summed E-state index contributed by atoms with van der Waals surface area (Å²) < 4.78 is 3.76. The summed E-state index contributed by atoms with van der Waals surface area (Å²) in [6.07, 6.45) is 6.78. The van der Waals surface area contributed by atoms with Crippen molar-refractivity contribution in [2.24, 2.45) is 14.1 Å². The summed E-state index contributed by atoms with van der Waals surface area (Å²) >= 11 is 3.35. The highest BCUT2D eigenvalue weighted by molar-refractivity contribution is 9.10. The molecule has 0 aliphatic heterocycles. The molecule has 2 aromatic heterocycles. The van der Waals surface area contributed by atoms with Crippen LogP contribution >= 0.6 is 15.9 Å². The summed E-state index contributed by atoms with van der Waals surface area (Å²) in [5.74, 6) is 0. The minimum absolute atomic E-state index is 0.141. The summed E-state index contributed by atoms with van der Waals surface area (Å²) in [6, 6.07) is 0.178. The Labute approximate surface area is 124 Å². The van der Waals surface area contributed by atoms with E-state index in [1.54, 1.807) is 13.2 Å². The van der Waals surface area contributed by atoms with E-state index in [1.165, 1.54) is 15.9 Å². The molecule has 3 rings (SSSR count). The van der Waals surface area contributed by atoms with Gasteiger partial charge in [0.2, 0.25) is 0 Å². The van der Waals surface area contributed by atoms with Crippen molar-refractivity contribution in [3.63, 3.8) is 0 Å². The van der Waals surface area contributed by atoms with Gasteiger partial charge in [0.05, 0.1) is 24.1 Å². The van der Waals surface area contributed by atoms with Crippen molar-refractivity contribution >= 4 is 21.6 Å². The zero-order valence-corrected chi connectivity index (χ0v) is 13.0. The van der Waals surface area contributed by atoms with Crippen LogP contribution in [0.4, 0.5) is 5.69 Å². The summed E-state index contributed by atoms with van der Waals surface area (Å²) in [5.41, 5.74) is 3.07. The predicted octanol–water partition coefficient (Wildman–Crippen LogP) is 1.77. The molecule has 0 spiro atoms. The lowest BCUT2D eigenvalue weighted by atomic mass is 9.93. The number of nitrogens with zero attached hydrogens (tertiary/aromatic N) is 4. The third kappa shape index (κ3) is 2.15. The fourth-order valence-corrected chi connectivity index (χ4v) is 3.13. The number of nitrogens with one attached hydrogen (secondary N) is 1. The number of fused-ring (bicyclic) bond motifs is 1. The molecule has 0 saturated carbocycles. The largest absolute Gasteiger partial charge is 0.376 e. The summed E-state index contributed by atoms with van der Waals surface area (Å²) in [6.45, 7) is 0. The number of halogens is 1. The molecule has 2 heterocycles. The molecule has 1 N–H and O–H groups in total. The lowest BCUT2D eigenvalue weighted by Gasteiger charge is -2.25. The topological polar surface area (TPSA) is 64.7 Å². The van der Waals surface area contributed by atoms with Crippen LogP contribution in [0, 0.1) is 0 Å². The van der Waals surface area contributed by atoms with E-state index in [0.717, 1.165) is 24.9 Å². The van der Waals surface area contributed by atoms with Crippen LogP contribution in [0.5, 0.6) is 0 Å². The average molecular weight is 338 g/mol. The number of aryl methyl sites for hydroxylation is 2. The molecule has 1 aliphatic rings. The minimum atomic E-state index is -0.141. The van der Waals surface area contributed by atoms with E-state index in [-0.39, 0.29) is 11.6 Å². The Balaban J connectivity index is 1.93. The monoisotopic (exact) mass is 337 g/mol. The third-order valence-electron chi connectivity index (χ3n) is 3.78. The number of rotatable bonds is 2. The fourth-order valence-electron chi connectivity index (χ4n) is 2.66. The van der Waals surface area contributed by atoms with Gasteiger partial charge in [0.25, 0.3) is 5.56 Å². The maximum absolute atomic E-state index is 11.9. The first-order valence-corrected chi connectivity index (χ1v) is 7.36. The molecule has 0 saturated heterocycles. The van der Waals surface area contributed by atoms with Crippen molar-refractivity contribution in [1.82, 2.24) is 19.6 Å². The molecule has 0 radical (unpaired) electrons. The zero-order chi connectivity index (χ0) is 14.3. The van der Waals surface area contributed by atoms with Gasteiger partial charge in [-0.15, -0.1) is 0 Å². The number of aromatic nitrogens is 4. The van der Waals surface area contributed by atoms with Crippen LogP contribution in [0.15, 0.2) is 21.7 Å². The highest BCUT2D eigenvalue weighted by Crippen LogP contribution is 2.33. The van der Waals surface area contributed by atoms with E-state index in [1.807, 2.05) is 17.9 Å². The van der Waals surface area contributed by atoms with Crippen LogP contribution in [0.25, 0.3) is 0 Å². The van der Waals surface area contributed by atoms with Crippen molar-refractivity contribution in [2.75, 3.05) is 5.32 Å². The van der Waals surface area contributed by atoms with Gasteiger partial charge >= 0.3 is 0 Å². The molecule has 0 bridgehead atoms. The second-order valence-corrected chi connectivity index (χ2v) is 5.85. The lowest BCUT2D eigenvalue weighted by molar-refractivity contribution is 0.570. The maximum Gasteiger partial charge on any atom is 0.282 e. The Bertz CT molecular complexity index is 705. The van der Waals surface area contributed by atoms with Crippen molar-refractivity contribution in [3.8, 4) is 0 Å². The van der Waals surface area contributed by atoms with E-state index in [2.05, 4.69) is 31.4 Å². The van der Waals surface area contributed by atoms with Crippen LogP contribution in [-0.2, 0) is 20.5 Å². The summed E-state index contributed by atoms with van der Waals surface area (Å²) in [5, 5.41) is 11.8. The van der Waals surface area contributed by atoms with Gasteiger partial charge in [-0.25, -0.2) is 4.68 Å². The molecular formula is C13H16BrN5O. The molecule has 1 unspecified atom stereocenters. The van der Waals surface area contributed by atoms with Crippen molar-refractivity contribution in [1.29, 1.82) is 0 Å². The van der Waals surface area contributed by atoms with E-state index in [9.17, 15) is 4.79 Å². The quantitative estimate of drug-likeness (QED) is 0.906. The van der Waals surface area contributed by atoms with E-state index < -0.39 is 0 Å². The molecule has 20 heavy (non-hydrogen) atoms. The summed E-state index contributed by atoms with van der Waals surface area (Å²) in [7, 11) is 3.60. The van der Waals surface area contributed by atoms with E-state index >= 15 is 0 Å². The van der Waals surface area contributed by atoms with Crippen molar-refractivity contribution in [3.05, 3.63) is 38.5 Å². The molecule has 0 amide bonds. The SMILES string of the molecule is Cn1ncc2c1CCCC2Nc1cnn(C)c(=O)c1Br. The summed E-state index contributed by atoms with van der Waals surface area (Å²) in [4.78, 5) is 11.9. The molecule has 1 atom stereocenters. The van der Waals surface area contributed by atoms with Crippen LogP contribution in [0.2, 0.25) is 0 Å². The molecule has 7 heteroatoms. The van der Waals surface area contributed by atoms with Gasteiger partial charge in [0.15, 0.2) is 0 Å². The molecule has 2 aromatic rings. The van der Waals surface area contributed by atoms with Gasteiger partial charge in [-0.05, 0) is 35.2 Å². The Morgan fingerprint density at radius 2 is 2.05 bits per heavy atom. The van der Waals surface area contributed by atoms with E-state index in [4.69, 9.17) is 0 Å². The first-order valence-electron chi connectivity index (χ1n) is 6.57. The van der Waals surface area contributed by atoms with Crippen LogP contribution < -0.4 is 10.9 Å². The van der Waals surface area contributed by atoms with E-state index in [0.29, 0.717) is 4.47 Å². The van der Waals surface area contributed by atoms with Gasteiger partial charge < -0.3 is 5.32 Å². The van der Waals surface area contributed by atoms with Crippen molar-refractivity contribution < 1.29 is 0 Å². The third-order valence-corrected chi connectivity index (χ3v) is 4.55. The Hall–Kier alpha value is -1.63. The second-order valence-electron chi connectivity index (χ2n) is 5.06. The fraction of sp³-hybridized carbons (Fsp3) is 0.462. The van der Waals surface area contributed by atoms with Crippen LogP contribution in [-0.4, -0.2) is 19.6 Å². The Kier molecular flexibility index (Phi) is 3.37. The number of hydrogen-bond acceptors (Lipinski definition) is 4.